The first kappa shape index (κ1) is 14.2. The summed E-state index contributed by atoms with van der Waals surface area (Å²) < 4.78 is 17.9. The van der Waals surface area contributed by atoms with Crippen molar-refractivity contribution in [2.24, 2.45) is 0 Å². The Morgan fingerprint density at radius 1 is 1.61 bits per heavy atom. The van der Waals surface area contributed by atoms with Crippen molar-refractivity contribution in [2.45, 2.75) is 0 Å². The maximum Gasteiger partial charge on any atom is 0.256 e. The van der Waals surface area contributed by atoms with E-state index in [1.807, 2.05) is 0 Å². The van der Waals surface area contributed by atoms with Crippen LogP contribution >= 0.6 is 0 Å². The minimum Gasteiger partial charge on any atom is -0.398 e. The number of carbonyl (C=O) groups is 1. The molecule has 2 N–H and O–H groups in total. The molecule has 1 rings (SSSR count). The minimum atomic E-state index is -0.462. The topological polar surface area (TPSA) is 55.6 Å². The molecule has 0 radical (unpaired) electrons. The maximum atomic E-state index is 12.9. The first-order valence-corrected chi connectivity index (χ1v) is 5.54. The van der Waals surface area contributed by atoms with Gasteiger partial charge < -0.3 is 15.4 Å². The average molecular weight is 252 g/mol. The molecule has 0 saturated heterocycles. The van der Waals surface area contributed by atoms with Gasteiger partial charge in [0.2, 0.25) is 0 Å². The molecule has 0 unspecified atom stereocenters. The van der Waals surface area contributed by atoms with Gasteiger partial charge in [0, 0.05) is 25.9 Å². The van der Waals surface area contributed by atoms with Gasteiger partial charge in [-0.1, -0.05) is 6.08 Å². The van der Waals surface area contributed by atoms with Gasteiger partial charge >= 0.3 is 0 Å². The molecule has 5 heteroatoms. The molecule has 0 spiro atoms. The lowest BCUT2D eigenvalue weighted by Crippen LogP contribution is -2.34. The summed E-state index contributed by atoms with van der Waals surface area (Å²) in [6, 6.07) is 3.73. The summed E-state index contributed by atoms with van der Waals surface area (Å²) in [7, 11) is 1.56. The predicted octanol–water partition coefficient (Wildman–Crippen LogP) is 1.68. The van der Waals surface area contributed by atoms with Gasteiger partial charge in [0.05, 0.1) is 12.2 Å². The highest BCUT2D eigenvalue weighted by atomic mass is 19.1. The number of anilines is 1. The standard InChI is InChI=1S/C13H17FN2O2/c1-3-6-16(7-8-18-2)13(17)11-5-4-10(14)9-12(11)15/h3-5,9H,1,6-8,15H2,2H3. The van der Waals surface area contributed by atoms with Crippen LogP contribution in [-0.2, 0) is 4.74 Å². The molecule has 0 heterocycles. The van der Waals surface area contributed by atoms with E-state index in [0.717, 1.165) is 6.07 Å². The fourth-order valence-corrected chi connectivity index (χ4v) is 1.53. The van der Waals surface area contributed by atoms with Crippen molar-refractivity contribution in [3.05, 3.63) is 42.2 Å². The van der Waals surface area contributed by atoms with Crippen molar-refractivity contribution in [3.63, 3.8) is 0 Å². The second kappa shape index (κ2) is 6.76. The fourth-order valence-electron chi connectivity index (χ4n) is 1.53. The van der Waals surface area contributed by atoms with Crippen LogP contribution in [-0.4, -0.2) is 37.6 Å². The Kier molecular flexibility index (Phi) is 5.32. The lowest BCUT2D eigenvalue weighted by atomic mass is 10.1. The molecule has 0 aromatic heterocycles. The smallest absolute Gasteiger partial charge is 0.256 e. The summed E-state index contributed by atoms with van der Waals surface area (Å²) in [6.07, 6.45) is 1.62. The van der Waals surface area contributed by atoms with Crippen LogP contribution in [0.15, 0.2) is 30.9 Å². The summed E-state index contributed by atoms with van der Waals surface area (Å²) in [5.41, 5.74) is 6.06. The van der Waals surface area contributed by atoms with Crippen molar-refractivity contribution < 1.29 is 13.9 Å². The van der Waals surface area contributed by atoms with Gasteiger partial charge in [0.25, 0.3) is 5.91 Å². The van der Waals surface area contributed by atoms with Crippen LogP contribution < -0.4 is 5.73 Å². The van der Waals surface area contributed by atoms with Crippen molar-refractivity contribution >= 4 is 11.6 Å². The highest BCUT2D eigenvalue weighted by Gasteiger charge is 2.17. The van der Waals surface area contributed by atoms with Crippen LogP contribution in [0, 0.1) is 5.82 Å². The largest absolute Gasteiger partial charge is 0.398 e. The van der Waals surface area contributed by atoms with Crippen LogP contribution in [0.25, 0.3) is 0 Å². The van der Waals surface area contributed by atoms with Crippen molar-refractivity contribution in [1.82, 2.24) is 4.90 Å². The Bertz CT molecular complexity index is 435. The first-order valence-electron chi connectivity index (χ1n) is 5.54. The van der Waals surface area contributed by atoms with Crippen LogP contribution in [0.5, 0.6) is 0 Å². The third kappa shape index (κ3) is 3.56. The Labute approximate surface area is 106 Å². The quantitative estimate of drug-likeness (QED) is 0.619. The van der Waals surface area contributed by atoms with E-state index in [1.165, 1.54) is 12.1 Å². The molecule has 4 nitrogen and oxygen atoms in total. The van der Waals surface area contributed by atoms with Gasteiger partial charge in [-0.15, -0.1) is 6.58 Å². The molecule has 0 atom stereocenters. The third-order valence-corrected chi connectivity index (χ3v) is 2.45. The van der Waals surface area contributed by atoms with Crippen molar-refractivity contribution in [3.8, 4) is 0 Å². The lowest BCUT2D eigenvalue weighted by Gasteiger charge is -2.21. The summed E-state index contributed by atoms with van der Waals surface area (Å²) in [4.78, 5) is 13.7. The average Bonchev–Trinajstić information content (AvgIpc) is 2.33. The molecule has 0 bridgehead atoms. The van der Waals surface area contributed by atoms with E-state index in [2.05, 4.69) is 6.58 Å². The summed E-state index contributed by atoms with van der Waals surface area (Å²) >= 11 is 0. The molecule has 1 amide bonds. The fraction of sp³-hybridized carbons (Fsp3) is 0.308. The third-order valence-electron chi connectivity index (χ3n) is 2.45. The highest BCUT2D eigenvalue weighted by molar-refractivity contribution is 5.99. The Balaban J connectivity index is 2.90. The van der Waals surface area contributed by atoms with Gasteiger partial charge in [0.15, 0.2) is 0 Å². The second-order valence-electron chi connectivity index (χ2n) is 3.76. The zero-order chi connectivity index (χ0) is 13.5. The molecule has 0 aliphatic rings. The zero-order valence-corrected chi connectivity index (χ0v) is 10.4. The van der Waals surface area contributed by atoms with Crippen molar-refractivity contribution in [1.29, 1.82) is 0 Å². The van der Waals surface area contributed by atoms with E-state index in [4.69, 9.17) is 10.5 Å². The number of hydrogen-bond acceptors (Lipinski definition) is 3. The number of rotatable bonds is 6. The molecule has 0 aliphatic carbocycles. The number of nitrogen functional groups attached to an aromatic ring is 1. The predicted molar refractivity (Wildman–Crippen MR) is 68.8 cm³/mol. The van der Waals surface area contributed by atoms with Gasteiger partial charge in [-0.25, -0.2) is 4.39 Å². The molecule has 98 valence electrons. The molecular formula is C13H17FN2O2. The van der Waals surface area contributed by atoms with E-state index in [1.54, 1.807) is 18.1 Å². The van der Waals surface area contributed by atoms with Crippen LogP contribution in [0.1, 0.15) is 10.4 Å². The number of hydrogen-bond donors (Lipinski definition) is 1. The minimum absolute atomic E-state index is 0.131. The number of nitrogens with zero attached hydrogens (tertiary/aromatic N) is 1. The Hall–Kier alpha value is -1.88. The molecule has 1 aromatic carbocycles. The SMILES string of the molecule is C=CCN(CCOC)C(=O)c1ccc(F)cc1N. The maximum absolute atomic E-state index is 12.9. The van der Waals surface area contributed by atoms with E-state index >= 15 is 0 Å². The van der Waals surface area contributed by atoms with Crippen molar-refractivity contribution in [2.75, 3.05) is 32.5 Å². The number of carbonyl (C=O) groups excluding carboxylic acids is 1. The van der Waals surface area contributed by atoms with Gasteiger partial charge in [-0.2, -0.15) is 0 Å². The number of ether oxygens (including phenoxy) is 1. The van der Waals surface area contributed by atoms with Gasteiger partial charge in [0.1, 0.15) is 5.82 Å². The monoisotopic (exact) mass is 252 g/mol. The van der Waals surface area contributed by atoms with Gasteiger partial charge in [-0.05, 0) is 18.2 Å². The Morgan fingerprint density at radius 2 is 2.33 bits per heavy atom. The van der Waals surface area contributed by atoms with E-state index < -0.39 is 5.82 Å². The first-order chi connectivity index (χ1) is 8.60. The summed E-state index contributed by atoms with van der Waals surface area (Å²) in [6.45, 7) is 4.83. The van der Waals surface area contributed by atoms with Crippen LogP contribution in [0.4, 0.5) is 10.1 Å². The molecule has 0 fully saturated rings. The lowest BCUT2D eigenvalue weighted by molar-refractivity contribution is 0.0719. The summed E-state index contributed by atoms with van der Waals surface area (Å²) in [5.74, 6) is -0.722. The van der Waals surface area contributed by atoms with E-state index in [0.29, 0.717) is 19.7 Å². The highest BCUT2D eigenvalue weighted by Crippen LogP contribution is 2.15. The molecule has 0 saturated carbocycles. The van der Waals surface area contributed by atoms with Crippen LogP contribution in [0.2, 0.25) is 0 Å². The molecule has 0 aliphatic heterocycles. The second-order valence-corrected chi connectivity index (χ2v) is 3.76. The molecule has 1 aromatic rings. The molecular weight excluding hydrogens is 235 g/mol. The summed E-state index contributed by atoms with van der Waals surface area (Å²) in [5, 5.41) is 0. The van der Waals surface area contributed by atoms with E-state index in [9.17, 15) is 9.18 Å². The van der Waals surface area contributed by atoms with E-state index in [-0.39, 0.29) is 17.2 Å². The van der Waals surface area contributed by atoms with Gasteiger partial charge in [-0.3, -0.25) is 4.79 Å². The molecule has 18 heavy (non-hydrogen) atoms. The number of amides is 1. The van der Waals surface area contributed by atoms with Crippen LogP contribution in [0.3, 0.4) is 0 Å². The number of halogens is 1. The Morgan fingerprint density at radius 3 is 2.89 bits per heavy atom. The number of nitrogens with two attached hydrogens (primary N) is 1. The number of methoxy groups -OCH3 is 1. The number of benzene rings is 1. The normalized spacial score (nSPS) is 10.1. The zero-order valence-electron chi connectivity index (χ0n) is 10.4.